The van der Waals surface area contributed by atoms with Gasteiger partial charge in [0.25, 0.3) is 0 Å². The van der Waals surface area contributed by atoms with Crippen LogP contribution in [0.2, 0.25) is 0 Å². The Morgan fingerprint density at radius 2 is 1.89 bits per heavy atom. The average Bonchev–Trinajstić information content (AvgIpc) is 3.17. The highest BCUT2D eigenvalue weighted by Gasteiger charge is 2.14. The molecule has 0 saturated carbocycles. The number of rotatable bonds is 6. The molecule has 7 nitrogen and oxygen atoms in total. The van der Waals surface area contributed by atoms with Crippen molar-refractivity contribution in [3.63, 3.8) is 0 Å². The maximum atomic E-state index is 4.64. The van der Waals surface area contributed by atoms with Gasteiger partial charge < -0.3 is 20.4 Å². The summed E-state index contributed by atoms with van der Waals surface area (Å²) in [5, 5.41) is 7.73. The van der Waals surface area contributed by atoms with Gasteiger partial charge in [0.1, 0.15) is 10.8 Å². The van der Waals surface area contributed by atoms with E-state index in [9.17, 15) is 0 Å². The zero-order valence-corrected chi connectivity index (χ0v) is 17.2. The number of likely N-dealkylation sites (N-methyl/N-ethyl adjacent to an activating group) is 1. The van der Waals surface area contributed by atoms with Crippen LogP contribution < -0.4 is 15.5 Å². The van der Waals surface area contributed by atoms with Crippen LogP contribution in [0.1, 0.15) is 22.4 Å². The lowest BCUT2D eigenvalue weighted by atomic mass is 10.2. The SMILES string of the molecule is CCc1cnc(CNC(=NC)NCc2ccc(N3CCN(C)CC3)nc2)s1. The van der Waals surface area contributed by atoms with Crippen LogP contribution in [0.5, 0.6) is 0 Å². The van der Waals surface area contributed by atoms with Gasteiger partial charge in [-0.3, -0.25) is 4.99 Å². The van der Waals surface area contributed by atoms with E-state index in [0.717, 1.165) is 54.9 Å². The Balaban J connectivity index is 1.46. The molecule has 1 fully saturated rings. The molecule has 0 unspecified atom stereocenters. The summed E-state index contributed by atoms with van der Waals surface area (Å²) >= 11 is 1.74. The Morgan fingerprint density at radius 1 is 1.11 bits per heavy atom. The van der Waals surface area contributed by atoms with Gasteiger partial charge in [0.05, 0.1) is 6.54 Å². The van der Waals surface area contributed by atoms with Crippen molar-refractivity contribution in [3.8, 4) is 0 Å². The normalized spacial score (nSPS) is 15.8. The van der Waals surface area contributed by atoms with Gasteiger partial charge >= 0.3 is 0 Å². The van der Waals surface area contributed by atoms with Crippen LogP contribution in [-0.2, 0) is 19.5 Å². The van der Waals surface area contributed by atoms with Crippen molar-refractivity contribution in [1.29, 1.82) is 0 Å². The van der Waals surface area contributed by atoms with Gasteiger partial charge in [-0.15, -0.1) is 11.3 Å². The molecule has 2 aromatic rings. The third kappa shape index (κ3) is 5.64. The molecule has 8 heteroatoms. The lowest BCUT2D eigenvalue weighted by Crippen LogP contribution is -2.44. The lowest BCUT2D eigenvalue weighted by Gasteiger charge is -2.33. The van der Waals surface area contributed by atoms with Crippen molar-refractivity contribution in [1.82, 2.24) is 25.5 Å². The second-order valence-electron chi connectivity index (χ2n) is 6.67. The third-order valence-electron chi connectivity index (χ3n) is 4.68. The molecular weight excluding hydrogens is 358 g/mol. The minimum atomic E-state index is 0.685. The minimum absolute atomic E-state index is 0.685. The molecule has 0 atom stereocenters. The molecule has 0 aliphatic carbocycles. The molecule has 0 radical (unpaired) electrons. The fourth-order valence-electron chi connectivity index (χ4n) is 2.90. The summed E-state index contributed by atoms with van der Waals surface area (Å²) in [6.45, 7) is 7.77. The monoisotopic (exact) mass is 387 g/mol. The van der Waals surface area contributed by atoms with Crippen LogP contribution in [0.3, 0.4) is 0 Å². The number of pyridine rings is 1. The Morgan fingerprint density at radius 3 is 2.52 bits per heavy atom. The van der Waals surface area contributed by atoms with Crippen molar-refractivity contribution in [3.05, 3.63) is 40.0 Å². The number of anilines is 1. The van der Waals surface area contributed by atoms with Gasteiger partial charge in [-0.25, -0.2) is 9.97 Å². The molecule has 1 aliphatic rings. The number of thiazole rings is 1. The second-order valence-corrected chi connectivity index (χ2v) is 7.87. The van der Waals surface area contributed by atoms with Crippen LogP contribution >= 0.6 is 11.3 Å². The van der Waals surface area contributed by atoms with Crippen LogP contribution in [0.4, 0.5) is 5.82 Å². The van der Waals surface area contributed by atoms with Crippen molar-refractivity contribution in [2.24, 2.45) is 4.99 Å². The van der Waals surface area contributed by atoms with Crippen molar-refractivity contribution in [2.75, 3.05) is 45.2 Å². The number of nitrogens with one attached hydrogen (secondary N) is 2. The predicted molar refractivity (Wildman–Crippen MR) is 112 cm³/mol. The fourth-order valence-corrected chi connectivity index (χ4v) is 3.70. The van der Waals surface area contributed by atoms with Crippen molar-refractivity contribution >= 4 is 23.1 Å². The zero-order valence-electron chi connectivity index (χ0n) is 16.4. The van der Waals surface area contributed by atoms with E-state index in [1.165, 1.54) is 4.88 Å². The summed E-state index contributed by atoms with van der Waals surface area (Å²) in [4.78, 5) is 19.3. The molecule has 0 bridgehead atoms. The van der Waals surface area contributed by atoms with E-state index in [2.05, 4.69) is 61.5 Å². The minimum Gasteiger partial charge on any atom is -0.354 e. The number of aryl methyl sites for hydroxylation is 1. The lowest BCUT2D eigenvalue weighted by molar-refractivity contribution is 0.312. The highest BCUT2D eigenvalue weighted by atomic mass is 32.1. The van der Waals surface area contributed by atoms with Gasteiger partial charge in [-0.2, -0.15) is 0 Å². The van der Waals surface area contributed by atoms with Gasteiger partial charge in [-0.05, 0) is 25.1 Å². The molecule has 1 aliphatic heterocycles. The average molecular weight is 388 g/mol. The molecule has 0 aromatic carbocycles. The molecule has 1 saturated heterocycles. The number of hydrogen-bond donors (Lipinski definition) is 2. The summed E-state index contributed by atoms with van der Waals surface area (Å²) in [6, 6.07) is 4.25. The first-order valence-corrected chi connectivity index (χ1v) is 10.3. The van der Waals surface area contributed by atoms with E-state index in [1.54, 1.807) is 18.4 Å². The largest absolute Gasteiger partial charge is 0.354 e. The first kappa shape index (κ1) is 19.6. The van der Waals surface area contributed by atoms with Crippen molar-refractivity contribution in [2.45, 2.75) is 26.4 Å². The molecule has 0 amide bonds. The third-order valence-corrected chi connectivity index (χ3v) is 5.82. The number of nitrogens with zero attached hydrogens (tertiary/aromatic N) is 5. The Hall–Kier alpha value is -2.19. The molecular formula is C19H29N7S. The van der Waals surface area contributed by atoms with Gasteiger partial charge in [0, 0.05) is 57.0 Å². The van der Waals surface area contributed by atoms with Gasteiger partial charge in [0.15, 0.2) is 5.96 Å². The van der Waals surface area contributed by atoms with Gasteiger partial charge in [0.2, 0.25) is 0 Å². The number of aliphatic imine (C=N–C) groups is 1. The van der Waals surface area contributed by atoms with E-state index >= 15 is 0 Å². The Bertz CT molecular complexity index is 733. The summed E-state index contributed by atoms with van der Waals surface area (Å²) in [5.41, 5.74) is 1.14. The molecule has 27 heavy (non-hydrogen) atoms. The number of piperazine rings is 1. The highest BCUT2D eigenvalue weighted by Crippen LogP contribution is 2.14. The maximum Gasteiger partial charge on any atom is 0.191 e. The van der Waals surface area contributed by atoms with E-state index in [4.69, 9.17) is 0 Å². The van der Waals surface area contributed by atoms with Crippen LogP contribution in [0.15, 0.2) is 29.5 Å². The first-order chi connectivity index (χ1) is 13.2. The molecule has 2 aromatic heterocycles. The topological polar surface area (TPSA) is 68.7 Å². The maximum absolute atomic E-state index is 4.64. The van der Waals surface area contributed by atoms with Crippen LogP contribution in [0.25, 0.3) is 0 Å². The Kier molecular flexibility index (Phi) is 7.00. The quantitative estimate of drug-likeness (QED) is 0.581. The molecule has 146 valence electrons. The summed E-state index contributed by atoms with van der Waals surface area (Å²) < 4.78 is 0. The molecule has 3 heterocycles. The van der Waals surface area contributed by atoms with E-state index in [0.29, 0.717) is 13.1 Å². The molecule has 3 rings (SSSR count). The van der Waals surface area contributed by atoms with Crippen LogP contribution in [-0.4, -0.2) is 61.1 Å². The fraction of sp³-hybridized carbons (Fsp3) is 0.526. The van der Waals surface area contributed by atoms with Crippen LogP contribution in [0, 0.1) is 0 Å². The molecule has 2 N–H and O–H groups in total. The van der Waals surface area contributed by atoms with Gasteiger partial charge in [-0.1, -0.05) is 13.0 Å². The highest BCUT2D eigenvalue weighted by molar-refractivity contribution is 7.11. The predicted octanol–water partition coefficient (Wildman–Crippen LogP) is 1.72. The van der Waals surface area contributed by atoms with Crippen molar-refractivity contribution < 1.29 is 0 Å². The van der Waals surface area contributed by atoms with E-state index in [-0.39, 0.29) is 0 Å². The second kappa shape index (κ2) is 9.66. The van der Waals surface area contributed by atoms with E-state index in [1.807, 2.05) is 12.4 Å². The standard InChI is InChI=1S/C19H29N7S/c1-4-16-13-22-18(27-16)14-24-19(20-2)23-12-15-5-6-17(21-11-15)26-9-7-25(3)8-10-26/h5-6,11,13H,4,7-10,12,14H2,1-3H3,(H2,20,23,24). The molecule has 0 spiro atoms. The summed E-state index contributed by atoms with van der Waals surface area (Å²) in [5.74, 6) is 1.83. The summed E-state index contributed by atoms with van der Waals surface area (Å²) in [6.07, 6.45) is 4.93. The zero-order chi connectivity index (χ0) is 19.1. The smallest absolute Gasteiger partial charge is 0.191 e. The van der Waals surface area contributed by atoms with E-state index < -0.39 is 0 Å². The summed E-state index contributed by atoms with van der Waals surface area (Å²) in [7, 11) is 3.95. The number of aromatic nitrogens is 2. The first-order valence-electron chi connectivity index (χ1n) is 9.44. The number of guanidine groups is 1. The number of hydrogen-bond acceptors (Lipinski definition) is 6. The Labute approximate surface area is 165 Å².